The van der Waals surface area contributed by atoms with Crippen molar-refractivity contribution in [2.24, 2.45) is 0 Å². The van der Waals surface area contributed by atoms with Crippen LogP contribution in [0.3, 0.4) is 0 Å². The van der Waals surface area contributed by atoms with Crippen LogP contribution in [0.5, 0.6) is 0 Å². The molecule has 4 rings (SSSR count). The smallest absolute Gasteiger partial charge is 0.227 e. The van der Waals surface area contributed by atoms with E-state index in [1.54, 1.807) is 0 Å². The molecule has 2 heterocycles. The summed E-state index contributed by atoms with van der Waals surface area (Å²) in [4.78, 5) is 14.5. The zero-order valence-electron chi connectivity index (χ0n) is 16.1. The summed E-state index contributed by atoms with van der Waals surface area (Å²) in [6.45, 7) is 9.24. The third-order valence-electron chi connectivity index (χ3n) is 4.92. The van der Waals surface area contributed by atoms with Crippen LogP contribution in [0.25, 0.3) is 10.9 Å². The number of benzene rings is 2. The van der Waals surface area contributed by atoms with Gasteiger partial charge in [-0.05, 0) is 31.5 Å². The molecule has 0 saturated carbocycles. The Morgan fingerprint density at radius 2 is 1.59 bits per heavy atom. The fourth-order valence-corrected chi connectivity index (χ4v) is 3.54. The number of fused-ring (bicyclic) bond motifs is 1. The van der Waals surface area contributed by atoms with E-state index in [-0.39, 0.29) is 0 Å². The predicted molar refractivity (Wildman–Crippen MR) is 112 cm³/mol. The predicted octanol–water partition coefficient (Wildman–Crippen LogP) is 3.77. The Labute approximate surface area is 161 Å². The van der Waals surface area contributed by atoms with Crippen molar-refractivity contribution in [3.63, 3.8) is 0 Å². The Bertz CT molecular complexity index is 886. The van der Waals surface area contributed by atoms with Crippen molar-refractivity contribution in [1.29, 1.82) is 0 Å². The van der Waals surface area contributed by atoms with Gasteiger partial charge in [0.05, 0.1) is 5.52 Å². The van der Waals surface area contributed by atoms with E-state index in [9.17, 15) is 0 Å². The molecule has 1 aromatic heterocycles. The van der Waals surface area contributed by atoms with E-state index in [0.717, 1.165) is 55.4 Å². The highest BCUT2D eigenvalue weighted by molar-refractivity contribution is 5.90. The summed E-state index contributed by atoms with van der Waals surface area (Å²) in [7, 11) is 0. The highest BCUT2D eigenvalue weighted by atomic mass is 15.3. The van der Waals surface area contributed by atoms with E-state index in [1.165, 1.54) is 5.56 Å². The number of anilines is 2. The maximum Gasteiger partial charge on any atom is 0.227 e. The molecule has 0 bridgehead atoms. The van der Waals surface area contributed by atoms with Crippen molar-refractivity contribution in [2.75, 3.05) is 36.4 Å². The van der Waals surface area contributed by atoms with Gasteiger partial charge in [0, 0.05) is 44.2 Å². The van der Waals surface area contributed by atoms with Crippen LogP contribution < -0.4 is 10.2 Å². The first-order chi connectivity index (χ1) is 13.2. The van der Waals surface area contributed by atoms with Crippen LogP contribution in [0.2, 0.25) is 0 Å². The maximum absolute atomic E-state index is 4.86. The molecule has 5 nitrogen and oxygen atoms in total. The van der Waals surface area contributed by atoms with Gasteiger partial charge in [0.2, 0.25) is 5.95 Å². The molecule has 0 aliphatic carbocycles. The van der Waals surface area contributed by atoms with Gasteiger partial charge in [-0.1, -0.05) is 42.5 Å². The number of hydrogen-bond acceptors (Lipinski definition) is 5. The summed E-state index contributed by atoms with van der Waals surface area (Å²) in [6.07, 6.45) is 0. The number of aromatic nitrogens is 2. The lowest BCUT2D eigenvalue weighted by molar-refractivity contribution is 0.249. The van der Waals surface area contributed by atoms with Crippen LogP contribution in [-0.4, -0.2) is 47.1 Å². The minimum Gasteiger partial charge on any atom is -0.367 e. The molecule has 5 heteroatoms. The van der Waals surface area contributed by atoms with E-state index in [4.69, 9.17) is 9.97 Å². The quantitative estimate of drug-likeness (QED) is 0.749. The van der Waals surface area contributed by atoms with Crippen LogP contribution in [0.15, 0.2) is 54.6 Å². The molecule has 0 radical (unpaired) electrons. The van der Waals surface area contributed by atoms with Crippen LogP contribution >= 0.6 is 0 Å². The topological polar surface area (TPSA) is 44.3 Å². The number of nitrogens with one attached hydrogen (secondary N) is 1. The first-order valence-corrected chi connectivity index (χ1v) is 9.73. The van der Waals surface area contributed by atoms with Crippen molar-refractivity contribution >= 4 is 22.7 Å². The summed E-state index contributed by atoms with van der Waals surface area (Å²) >= 11 is 0. The second kappa shape index (κ2) is 7.92. The normalized spacial score (nSPS) is 15.4. The maximum atomic E-state index is 4.86. The number of hydrogen-bond donors (Lipinski definition) is 1. The number of nitrogens with zero attached hydrogens (tertiary/aromatic N) is 4. The van der Waals surface area contributed by atoms with Crippen molar-refractivity contribution in [2.45, 2.75) is 26.4 Å². The highest BCUT2D eigenvalue weighted by Crippen LogP contribution is 2.24. The SMILES string of the molecule is CC(C)Nc1nc(N2CCN(Cc3ccccc3)CC2)nc2ccccc12. The standard InChI is InChI=1S/C22H27N5/c1-17(2)23-21-19-10-6-7-11-20(19)24-22(25-21)27-14-12-26(13-15-27)16-18-8-4-3-5-9-18/h3-11,17H,12-16H2,1-2H3,(H,23,24,25). The summed E-state index contributed by atoms with van der Waals surface area (Å²) in [5, 5.41) is 4.56. The molecule has 1 N–H and O–H groups in total. The average molecular weight is 361 g/mol. The van der Waals surface area contributed by atoms with Gasteiger partial charge in [-0.25, -0.2) is 4.98 Å². The summed E-state index contributed by atoms with van der Waals surface area (Å²) in [5.41, 5.74) is 2.37. The van der Waals surface area contributed by atoms with E-state index in [2.05, 4.69) is 71.4 Å². The van der Waals surface area contributed by atoms with Crippen LogP contribution in [0.1, 0.15) is 19.4 Å². The average Bonchev–Trinajstić information content (AvgIpc) is 2.69. The first kappa shape index (κ1) is 17.7. The summed E-state index contributed by atoms with van der Waals surface area (Å²) < 4.78 is 0. The molecule has 27 heavy (non-hydrogen) atoms. The third-order valence-corrected chi connectivity index (χ3v) is 4.92. The van der Waals surface area contributed by atoms with E-state index >= 15 is 0 Å². The minimum absolute atomic E-state index is 0.332. The Balaban J connectivity index is 1.50. The number of para-hydroxylation sites is 1. The Kier molecular flexibility index (Phi) is 5.21. The molecule has 0 unspecified atom stereocenters. The lowest BCUT2D eigenvalue weighted by atomic mass is 10.2. The molecule has 0 atom stereocenters. The fourth-order valence-electron chi connectivity index (χ4n) is 3.54. The summed E-state index contributed by atoms with van der Waals surface area (Å²) in [5.74, 6) is 1.76. The molecule has 3 aromatic rings. The number of piperazine rings is 1. The van der Waals surface area contributed by atoms with E-state index in [0.29, 0.717) is 6.04 Å². The molecule has 140 valence electrons. The first-order valence-electron chi connectivity index (χ1n) is 9.73. The molecule has 0 amide bonds. The van der Waals surface area contributed by atoms with Crippen molar-refractivity contribution < 1.29 is 0 Å². The molecule has 2 aromatic carbocycles. The molecular weight excluding hydrogens is 334 g/mol. The van der Waals surface area contributed by atoms with Crippen molar-refractivity contribution in [3.05, 3.63) is 60.2 Å². The Morgan fingerprint density at radius 1 is 0.889 bits per heavy atom. The zero-order valence-corrected chi connectivity index (χ0v) is 16.1. The fraction of sp³-hybridized carbons (Fsp3) is 0.364. The van der Waals surface area contributed by atoms with Crippen LogP contribution in [0, 0.1) is 0 Å². The van der Waals surface area contributed by atoms with E-state index in [1.807, 2.05) is 12.1 Å². The van der Waals surface area contributed by atoms with Gasteiger partial charge in [-0.2, -0.15) is 4.98 Å². The van der Waals surface area contributed by atoms with E-state index < -0.39 is 0 Å². The monoisotopic (exact) mass is 361 g/mol. The zero-order chi connectivity index (χ0) is 18.6. The molecule has 1 fully saturated rings. The second-order valence-corrected chi connectivity index (χ2v) is 7.44. The van der Waals surface area contributed by atoms with Gasteiger partial charge in [0.1, 0.15) is 5.82 Å². The second-order valence-electron chi connectivity index (χ2n) is 7.44. The molecule has 1 saturated heterocycles. The van der Waals surface area contributed by atoms with Gasteiger partial charge in [0.25, 0.3) is 0 Å². The van der Waals surface area contributed by atoms with Gasteiger partial charge in [-0.3, -0.25) is 4.90 Å². The van der Waals surface area contributed by atoms with Gasteiger partial charge < -0.3 is 10.2 Å². The van der Waals surface area contributed by atoms with Crippen LogP contribution in [-0.2, 0) is 6.54 Å². The van der Waals surface area contributed by atoms with Crippen molar-refractivity contribution in [1.82, 2.24) is 14.9 Å². The molecule has 0 spiro atoms. The largest absolute Gasteiger partial charge is 0.367 e. The Morgan fingerprint density at radius 3 is 2.33 bits per heavy atom. The number of rotatable bonds is 5. The lowest BCUT2D eigenvalue weighted by Gasteiger charge is -2.35. The van der Waals surface area contributed by atoms with Gasteiger partial charge in [-0.15, -0.1) is 0 Å². The summed E-state index contributed by atoms with van der Waals surface area (Å²) in [6, 6.07) is 19.2. The minimum atomic E-state index is 0.332. The Hall–Kier alpha value is -2.66. The third kappa shape index (κ3) is 4.19. The molecular formula is C22H27N5. The van der Waals surface area contributed by atoms with Crippen LogP contribution in [0.4, 0.5) is 11.8 Å². The highest BCUT2D eigenvalue weighted by Gasteiger charge is 2.20. The molecule has 1 aliphatic rings. The lowest BCUT2D eigenvalue weighted by Crippen LogP contribution is -2.46. The molecule has 1 aliphatic heterocycles. The van der Waals surface area contributed by atoms with Gasteiger partial charge in [0.15, 0.2) is 0 Å². The van der Waals surface area contributed by atoms with Crippen molar-refractivity contribution in [3.8, 4) is 0 Å². The van der Waals surface area contributed by atoms with Gasteiger partial charge >= 0.3 is 0 Å².